The number of carbonyl (C=O) groups excluding carboxylic acids is 1. The molecule has 0 aromatic heterocycles. The van der Waals surface area contributed by atoms with Crippen molar-refractivity contribution >= 4 is 12.1 Å². The molecule has 0 saturated heterocycles. The van der Waals surface area contributed by atoms with Crippen molar-refractivity contribution in [1.82, 2.24) is 5.43 Å². The average molecular weight is 400 g/mol. The van der Waals surface area contributed by atoms with Crippen LogP contribution in [0.25, 0.3) is 0 Å². The zero-order valence-corrected chi connectivity index (χ0v) is 17.1. The van der Waals surface area contributed by atoms with E-state index in [1.165, 1.54) is 0 Å². The summed E-state index contributed by atoms with van der Waals surface area (Å²) in [5, 5.41) is 3.96. The van der Waals surface area contributed by atoms with Crippen molar-refractivity contribution < 1.29 is 23.7 Å². The number of benzene rings is 2. The Balaban J connectivity index is 1.84. The Morgan fingerprint density at radius 3 is 2.24 bits per heavy atom. The largest absolute Gasteiger partial charge is 0.494 e. The highest BCUT2D eigenvalue weighted by Gasteiger charge is 2.06. The molecule has 2 aromatic carbocycles. The van der Waals surface area contributed by atoms with Crippen LogP contribution in [0.1, 0.15) is 32.8 Å². The van der Waals surface area contributed by atoms with Gasteiger partial charge in [0.2, 0.25) is 0 Å². The molecule has 0 fully saturated rings. The third-order valence-corrected chi connectivity index (χ3v) is 3.64. The molecule has 1 amide bonds. The van der Waals surface area contributed by atoms with Crippen molar-refractivity contribution in [2.24, 2.45) is 5.10 Å². The first-order chi connectivity index (χ1) is 14.2. The molecule has 1 N–H and O–H groups in total. The molecule has 2 rings (SSSR count). The van der Waals surface area contributed by atoms with Gasteiger partial charge in [-0.1, -0.05) is 6.92 Å². The van der Waals surface area contributed by atoms with E-state index in [0.29, 0.717) is 37.1 Å². The van der Waals surface area contributed by atoms with Gasteiger partial charge in [-0.2, -0.15) is 5.10 Å². The Kier molecular flexibility index (Phi) is 9.35. The summed E-state index contributed by atoms with van der Waals surface area (Å²) < 4.78 is 22.1. The van der Waals surface area contributed by atoms with E-state index in [-0.39, 0.29) is 12.5 Å². The summed E-state index contributed by atoms with van der Waals surface area (Å²) >= 11 is 0. The van der Waals surface area contributed by atoms with Gasteiger partial charge in [0, 0.05) is 0 Å². The highest BCUT2D eigenvalue weighted by molar-refractivity contribution is 5.83. The number of nitrogens with one attached hydrogen (secondary N) is 1. The second-order valence-electron chi connectivity index (χ2n) is 5.97. The maximum Gasteiger partial charge on any atom is 0.277 e. The smallest absolute Gasteiger partial charge is 0.277 e. The minimum Gasteiger partial charge on any atom is -0.494 e. The molecule has 0 atom stereocenters. The predicted molar refractivity (Wildman–Crippen MR) is 112 cm³/mol. The quantitative estimate of drug-likeness (QED) is 0.433. The Labute approximate surface area is 171 Å². The first-order valence-electron chi connectivity index (χ1n) is 9.73. The minimum absolute atomic E-state index is 0.140. The molecule has 0 radical (unpaired) electrons. The molecule has 2 aromatic rings. The summed E-state index contributed by atoms with van der Waals surface area (Å²) in [5.41, 5.74) is 3.22. The number of hydrazone groups is 1. The van der Waals surface area contributed by atoms with E-state index < -0.39 is 0 Å². The van der Waals surface area contributed by atoms with Crippen molar-refractivity contribution in [3.63, 3.8) is 0 Å². The number of amides is 1. The van der Waals surface area contributed by atoms with Crippen LogP contribution in [0.5, 0.6) is 23.0 Å². The number of ether oxygens (including phenoxy) is 4. The SMILES string of the molecule is CCCOc1ccc(/C=N\NC(=O)COc2ccc(OCC)cc2)cc1OCC. The molecule has 0 bridgehead atoms. The third kappa shape index (κ3) is 7.73. The van der Waals surface area contributed by atoms with Gasteiger partial charge < -0.3 is 18.9 Å². The van der Waals surface area contributed by atoms with Crippen LogP contribution in [0.3, 0.4) is 0 Å². The van der Waals surface area contributed by atoms with E-state index in [1.54, 1.807) is 30.5 Å². The summed E-state index contributed by atoms with van der Waals surface area (Å²) in [6.45, 7) is 7.49. The lowest BCUT2D eigenvalue weighted by Gasteiger charge is -2.11. The molecular weight excluding hydrogens is 372 g/mol. The van der Waals surface area contributed by atoms with Gasteiger partial charge in [-0.15, -0.1) is 0 Å². The van der Waals surface area contributed by atoms with Gasteiger partial charge in [-0.3, -0.25) is 4.79 Å². The normalized spacial score (nSPS) is 10.6. The highest BCUT2D eigenvalue weighted by Crippen LogP contribution is 2.28. The fourth-order valence-corrected chi connectivity index (χ4v) is 2.36. The highest BCUT2D eigenvalue weighted by atomic mass is 16.5. The monoisotopic (exact) mass is 400 g/mol. The van der Waals surface area contributed by atoms with E-state index in [1.807, 2.05) is 39.0 Å². The number of carbonyl (C=O) groups is 1. The average Bonchev–Trinajstić information content (AvgIpc) is 2.73. The van der Waals surface area contributed by atoms with Gasteiger partial charge in [-0.25, -0.2) is 5.43 Å². The Bertz CT molecular complexity index is 790. The molecule has 0 saturated carbocycles. The lowest BCUT2D eigenvalue weighted by atomic mass is 10.2. The first kappa shape index (κ1) is 22.1. The zero-order valence-electron chi connectivity index (χ0n) is 17.1. The van der Waals surface area contributed by atoms with E-state index in [9.17, 15) is 4.79 Å². The van der Waals surface area contributed by atoms with E-state index >= 15 is 0 Å². The molecule has 0 aliphatic rings. The van der Waals surface area contributed by atoms with Gasteiger partial charge in [-0.05, 0) is 68.3 Å². The lowest BCUT2D eigenvalue weighted by molar-refractivity contribution is -0.123. The van der Waals surface area contributed by atoms with Gasteiger partial charge in [0.25, 0.3) is 5.91 Å². The second kappa shape index (κ2) is 12.3. The van der Waals surface area contributed by atoms with Crippen molar-refractivity contribution in [2.75, 3.05) is 26.4 Å². The first-order valence-corrected chi connectivity index (χ1v) is 9.73. The van der Waals surface area contributed by atoms with Gasteiger partial charge in [0.15, 0.2) is 18.1 Å². The van der Waals surface area contributed by atoms with Crippen LogP contribution in [-0.2, 0) is 4.79 Å². The van der Waals surface area contributed by atoms with E-state index in [4.69, 9.17) is 18.9 Å². The zero-order chi connectivity index (χ0) is 20.9. The lowest BCUT2D eigenvalue weighted by Crippen LogP contribution is -2.24. The van der Waals surface area contributed by atoms with Crippen LogP contribution in [0.4, 0.5) is 0 Å². The standard InChI is InChI=1S/C22H28N2O5/c1-4-13-28-20-12-7-17(14-21(20)27-6-3)15-23-24-22(25)16-29-19-10-8-18(9-11-19)26-5-2/h7-12,14-15H,4-6,13,16H2,1-3H3,(H,24,25)/b23-15-. The van der Waals surface area contributed by atoms with Crippen molar-refractivity contribution in [3.05, 3.63) is 48.0 Å². The van der Waals surface area contributed by atoms with Gasteiger partial charge in [0.05, 0.1) is 26.0 Å². The summed E-state index contributed by atoms with van der Waals surface area (Å²) in [4.78, 5) is 11.9. The van der Waals surface area contributed by atoms with E-state index in [0.717, 1.165) is 17.7 Å². The molecule has 0 unspecified atom stereocenters. The van der Waals surface area contributed by atoms with Crippen molar-refractivity contribution in [1.29, 1.82) is 0 Å². The van der Waals surface area contributed by atoms with E-state index in [2.05, 4.69) is 10.5 Å². The van der Waals surface area contributed by atoms with Crippen molar-refractivity contribution in [2.45, 2.75) is 27.2 Å². The van der Waals surface area contributed by atoms with Crippen LogP contribution in [0.2, 0.25) is 0 Å². The van der Waals surface area contributed by atoms with Crippen LogP contribution >= 0.6 is 0 Å². The molecule has 0 heterocycles. The van der Waals surface area contributed by atoms with Crippen LogP contribution < -0.4 is 24.4 Å². The maximum atomic E-state index is 11.9. The third-order valence-electron chi connectivity index (χ3n) is 3.64. The molecule has 156 valence electrons. The minimum atomic E-state index is -0.358. The number of hydrogen-bond donors (Lipinski definition) is 1. The summed E-state index contributed by atoms with van der Waals surface area (Å²) in [6, 6.07) is 12.6. The summed E-state index contributed by atoms with van der Waals surface area (Å²) in [5.74, 6) is 2.32. The van der Waals surface area contributed by atoms with Crippen LogP contribution in [0.15, 0.2) is 47.6 Å². The Hall–Kier alpha value is -3.22. The summed E-state index contributed by atoms with van der Waals surface area (Å²) in [6.07, 6.45) is 2.46. The molecule has 7 heteroatoms. The Morgan fingerprint density at radius 2 is 1.59 bits per heavy atom. The number of rotatable bonds is 12. The Morgan fingerprint density at radius 1 is 0.897 bits per heavy atom. The second-order valence-corrected chi connectivity index (χ2v) is 5.97. The molecule has 7 nitrogen and oxygen atoms in total. The van der Waals surface area contributed by atoms with Crippen LogP contribution in [-0.4, -0.2) is 38.5 Å². The maximum absolute atomic E-state index is 11.9. The topological polar surface area (TPSA) is 78.4 Å². The van der Waals surface area contributed by atoms with Gasteiger partial charge >= 0.3 is 0 Å². The molecule has 29 heavy (non-hydrogen) atoms. The molecule has 0 aliphatic heterocycles. The van der Waals surface area contributed by atoms with Crippen molar-refractivity contribution in [3.8, 4) is 23.0 Å². The number of nitrogens with zero attached hydrogens (tertiary/aromatic N) is 1. The molecule has 0 spiro atoms. The number of hydrogen-bond acceptors (Lipinski definition) is 6. The molecular formula is C22H28N2O5. The predicted octanol–water partition coefficient (Wildman–Crippen LogP) is 3.80. The fourth-order valence-electron chi connectivity index (χ4n) is 2.36. The fraction of sp³-hybridized carbons (Fsp3) is 0.364. The van der Waals surface area contributed by atoms with Crippen LogP contribution in [0, 0.1) is 0 Å². The van der Waals surface area contributed by atoms with Gasteiger partial charge in [0.1, 0.15) is 11.5 Å². The molecule has 0 aliphatic carbocycles. The summed E-state index contributed by atoms with van der Waals surface area (Å²) in [7, 11) is 0.